The van der Waals surface area contributed by atoms with Gasteiger partial charge in [-0.25, -0.2) is 18.1 Å². The molecule has 4 rings (SSSR count). The van der Waals surface area contributed by atoms with Crippen LogP contribution in [-0.2, 0) is 36.6 Å². The van der Waals surface area contributed by atoms with E-state index in [1.807, 2.05) is 22.9 Å². The molecule has 1 N–H and O–H groups in total. The van der Waals surface area contributed by atoms with E-state index in [1.165, 1.54) is 0 Å². The Morgan fingerprint density at radius 2 is 2.16 bits per heavy atom. The average molecular weight is 572 g/mol. The Kier molecular flexibility index (Phi) is 9.31. The van der Waals surface area contributed by atoms with Crippen LogP contribution in [0.25, 0.3) is 0 Å². The second-order valence-electron chi connectivity index (χ2n) is 9.28. The number of aliphatic imine (C=N–C) groups is 1. The molecule has 1 fully saturated rings. The summed E-state index contributed by atoms with van der Waals surface area (Å²) >= 11 is 12.6. The molecule has 202 valence electrons. The van der Waals surface area contributed by atoms with E-state index in [0.29, 0.717) is 54.9 Å². The van der Waals surface area contributed by atoms with Gasteiger partial charge < -0.3 is 18.8 Å². The molecular formula is C25H32Cl2N4O5S. The van der Waals surface area contributed by atoms with E-state index in [4.69, 9.17) is 37.4 Å². The van der Waals surface area contributed by atoms with Crippen molar-refractivity contribution in [1.82, 2.24) is 14.3 Å². The molecule has 0 spiro atoms. The van der Waals surface area contributed by atoms with Crippen LogP contribution in [0.5, 0.6) is 0 Å². The topological polar surface area (TPSA) is 104 Å². The second-order valence-corrected chi connectivity index (χ2v) is 12.4. The van der Waals surface area contributed by atoms with E-state index < -0.39 is 21.1 Å². The lowest BCUT2D eigenvalue weighted by Crippen LogP contribution is -2.34. The first-order valence-electron chi connectivity index (χ1n) is 12.2. The molecule has 0 saturated carbocycles. The Bertz CT molecular complexity index is 1230. The summed E-state index contributed by atoms with van der Waals surface area (Å²) in [6, 6.07) is 5.26. The van der Waals surface area contributed by atoms with Gasteiger partial charge in [-0.15, -0.1) is 0 Å². The maximum atomic E-state index is 11.8. The van der Waals surface area contributed by atoms with Gasteiger partial charge in [0, 0.05) is 48.1 Å². The Balaban J connectivity index is 1.31. The fraction of sp³-hybridized carbons (Fsp3) is 0.520. The Morgan fingerprint density at radius 3 is 2.84 bits per heavy atom. The molecule has 37 heavy (non-hydrogen) atoms. The molecule has 2 aromatic rings. The number of aromatic nitrogens is 2. The van der Waals surface area contributed by atoms with Crippen LogP contribution in [0.4, 0.5) is 0 Å². The van der Waals surface area contributed by atoms with E-state index >= 15 is 0 Å². The third-order valence-corrected chi connectivity index (χ3v) is 8.60. The van der Waals surface area contributed by atoms with Crippen molar-refractivity contribution in [2.45, 2.75) is 56.8 Å². The van der Waals surface area contributed by atoms with E-state index in [1.54, 1.807) is 38.5 Å². The van der Waals surface area contributed by atoms with Crippen molar-refractivity contribution in [2.24, 2.45) is 4.99 Å². The molecule has 1 aliphatic heterocycles. The summed E-state index contributed by atoms with van der Waals surface area (Å²) in [5.74, 6) is -0.200. The van der Waals surface area contributed by atoms with Crippen molar-refractivity contribution in [2.75, 3.05) is 26.3 Å². The molecule has 2 heterocycles. The Labute approximate surface area is 227 Å². The molecule has 0 amide bonds. The van der Waals surface area contributed by atoms with Gasteiger partial charge in [-0.2, -0.15) is 0 Å². The van der Waals surface area contributed by atoms with Crippen LogP contribution < -0.4 is 4.72 Å². The lowest BCUT2D eigenvalue weighted by molar-refractivity contribution is -0.190. The molecular weight excluding hydrogens is 539 g/mol. The van der Waals surface area contributed by atoms with Crippen molar-refractivity contribution in [1.29, 1.82) is 0 Å². The van der Waals surface area contributed by atoms with Crippen molar-refractivity contribution >= 4 is 38.9 Å². The zero-order chi connectivity index (χ0) is 26.5. The monoisotopic (exact) mass is 570 g/mol. The van der Waals surface area contributed by atoms with Gasteiger partial charge in [0.2, 0.25) is 15.8 Å². The van der Waals surface area contributed by atoms with Crippen molar-refractivity contribution in [3.8, 4) is 0 Å². The fourth-order valence-corrected chi connectivity index (χ4v) is 5.38. The number of imidazole rings is 1. The molecule has 1 saturated heterocycles. The number of hydrogen-bond acceptors (Lipinski definition) is 7. The highest BCUT2D eigenvalue weighted by Gasteiger charge is 2.45. The molecule has 12 heteroatoms. The molecule has 1 aliphatic carbocycles. The number of hydrogen-bond donors (Lipinski definition) is 1. The lowest BCUT2D eigenvalue weighted by Gasteiger charge is -2.30. The van der Waals surface area contributed by atoms with E-state index in [-0.39, 0.29) is 6.10 Å². The quantitative estimate of drug-likeness (QED) is 0.403. The van der Waals surface area contributed by atoms with Crippen LogP contribution in [0.2, 0.25) is 10.0 Å². The van der Waals surface area contributed by atoms with E-state index in [2.05, 4.69) is 14.7 Å². The third kappa shape index (κ3) is 7.34. The number of ether oxygens (including phenoxy) is 3. The van der Waals surface area contributed by atoms with Gasteiger partial charge in [0.15, 0.2) is 0 Å². The highest BCUT2D eigenvalue weighted by Crippen LogP contribution is 2.40. The van der Waals surface area contributed by atoms with Crippen molar-refractivity contribution < 1.29 is 22.6 Å². The number of rotatable bonds is 11. The zero-order valence-corrected chi connectivity index (χ0v) is 23.2. The normalized spacial score (nSPS) is 23.5. The van der Waals surface area contributed by atoms with Crippen LogP contribution in [0, 0.1) is 0 Å². The van der Waals surface area contributed by atoms with Crippen LogP contribution >= 0.6 is 23.2 Å². The maximum Gasteiger partial charge on any atom is 0.215 e. The highest BCUT2D eigenvalue weighted by atomic mass is 35.5. The number of halogens is 2. The predicted molar refractivity (Wildman–Crippen MR) is 143 cm³/mol. The molecule has 2 unspecified atom stereocenters. The summed E-state index contributed by atoms with van der Waals surface area (Å²) in [7, 11) is -3.26. The fourth-order valence-electron chi connectivity index (χ4n) is 4.12. The highest BCUT2D eigenvalue weighted by molar-refractivity contribution is 7.90. The van der Waals surface area contributed by atoms with E-state index in [0.717, 1.165) is 24.3 Å². The summed E-state index contributed by atoms with van der Waals surface area (Å²) in [6.07, 6.45) is 9.15. The van der Waals surface area contributed by atoms with Gasteiger partial charge in [-0.05, 0) is 38.5 Å². The first-order valence-corrected chi connectivity index (χ1v) is 14.5. The van der Waals surface area contributed by atoms with Crippen molar-refractivity contribution in [3.63, 3.8) is 0 Å². The molecule has 2 aliphatic rings. The van der Waals surface area contributed by atoms with Gasteiger partial charge in [-0.1, -0.05) is 29.3 Å². The van der Waals surface area contributed by atoms with Crippen LogP contribution in [0.1, 0.15) is 38.7 Å². The van der Waals surface area contributed by atoms with Gasteiger partial charge in [0.25, 0.3) is 0 Å². The Morgan fingerprint density at radius 1 is 1.32 bits per heavy atom. The number of allylic oxidation sites excluding steroid dienone is 2. The van der Waals surface area contributed by atoms with Crippen LogP contribution in [-0.4, -0.2) is 61.3 Å². The van der Waals surface area contributed by atoms with Gasteiger partial charge in [0.1, 0.15) is 12.7 Å². The molecule has 0 bridgehead atoms. The van der Waals surface area contributed by atoms with Crippen molar-refractivity contribution in [3.05, 3.63) is 64.4 Å². The lowest BCUT2D eigenvalue weighted by atomic mass is 10.0. The predicted octanol–water partition coefficient (Wildman–Crippen LogP) is 4.31. The minimum atomic E-state index is -3.26. The minimum absolute atomic E-state index is 0.291. The first-order chi connectivity index (χ1) is 17.7. The standard InChI is InChI=1S/C25H32Cl2N4O5S/c1-18(2)37(32,33)30-10-9-29-20-4-6-21(7-5-20)34-14-22-15-35-25(36-22,16-31-12-11-28-17-31)23-8-3-19(26)13-24(23)27/h3,6,8,11-13,17-18,22,30H,4-5,7,9-10,14-16H2,1-2H3. The van der Waals surface area contributed by atoms with Gasteiger partial charge >= 0.3 is 0 Å². The molecule has 0 radical (unpaired) electrons. The minimum Gasteiger partial charge on any atom is -0.495 e. The second kappa shape index (κ2) is 12.3. The Hall–Kier alpha value is -1.95. The van der Waals surface area contributed by atoms with Crippen LogP contribution in [0.15, 0.2) is 53.7 Å². The summed E-state index contributed by atoms with van der Waals surface area (Å²) in [5, 5.41) is 0.548. The zero-order valence-electron chi connectivity index (χ0n) is 20.9. The smallest absolute Gasteiger partial charge is 0.215 e. The summed E-state index contributed by atoms with van der Waals surface area (Å²) in [5.41, 5.74) is 1.73. The third-order valence-electron chi connectivity index (χ3n) is 6.20. The number of nitrogens with one attached hydrogen (secondary N) is 1. The summed E-state index contributed by atoms with van der Waals surface area (Å²) in [4.78, 5) is 8.65. The SMILES string of the molecule is CC(C)S(=O)(=O)NCCN=C1CC=C(OCC2COC(Cn3ccnc3)(c3ccc(Cl)cc3Cl)O2)CC1. The molecule has 9 nitrogen and oxygen atoms in total. The molecule has 1 aromatic carbocycles. The van der Waals surface area contributed by atoms with E-state index in [9.17, 15) is 8.42 Å². The van der Waals surface area contributed by atoms with Gasteiger partial charge in [0.05, 0.1) is 42.1 Å². The van der Waals surface area contributed by atoms with Crippen LogP contribution in [0.3, 0.4) is 0 Å². The first kappa shape index (κ1) is 28.1. The summed E-state index contributed by atoms with van der Waals surface area (Å²) in [6.45, 7) is 5.08. The average Bonchev–Trinajstić information content (AvgIpc) is 3.52. The molecule has 1 aromatic heterocycles. The number of nitrogens with zero attached hydrogens (tertiary/aromatic N) is 3. The number of benzene rings is 1. The molecule has 2 atom stereocenters. The summed E-state index contributed by atoms with van der Waals surface area (Å²) < 4.78 is 46.8. The largest absolute Gasteiger partial charge is 0.495 e. The van der Waals surface area contributed by atoms with Gasteiger partial charge in [-0.3, -0.25) is 4.99 Å². The maximum absolute atomic E-state index is 11.8. The number of sulfonamides is 1.